The predicted molar refractivity (Wildman–Crippen MR) is 121 cm³/mol. The van der Waals surface area contributed by atoms with E-state index in [4.69, 9.17) is 24.4 Å². The number of nitro benzene ring substituents is 1. The van der Waals surface area contributed by atoms with Crippen molar-refractivity contribution < 1.29 is 34.5 Å². The summed E-state index contributed by atoms with van der Waals surface area (Å²) in [5.41, 5.74) is 2.87. The van der Waals surface area contributed by atoms with Gasteiger partial charge >= 0.3 is 5.69 Å². The summed E-state index contributed by atoms with van der Waals surface area (Å²) in [5.74, 6) is 1.46. The molecule has 0 unspecified atom stereocenters. The highest BCUT2D eigenvalue weighted by molar-refractivity contribution is 5.46. The maximum atomic E-state index is 10.9. The van der Waals surface area contributed by atoms with E-state index >= 15 is 0 Å². The normalized spacial score (nSPS) is 10.1. The SMILES string of the molecule is COc1cc(CO)cc(CO)c1.COc1cc(CO)cc(COc2ccccc2[N+](=O)[O-])c1. The Morgan fingerprint density at radius 1 is 0.758 bits per heavy atom. The average Bonchev–Trinajstić information content (AvgIpc) is 2.87. The molecule has 3 aromatic rings. The second-order valence-electron chi connectivity index (χ2n) is 6.87. The van der Waals surface area contributed by atoms with Gasteiger partial charge in [0.15, 0.2) is 5.75 Å². The first-order chi connectivity index (χ1) is 15.9. The summed E-state index contributed by atoms with van der Waals surface area (Å²) in [6, 6.07) is 16.6. The molecular formula is C24H27NO8. The smallest absolute Gasteiger partial charge is 0.310 e. The van der Waals surface area contributed by atoms with Crippen molar-refractivity contribution in [1.82, 2.24) is 0 Å². The Hall–Kier alpha value is -3.66. The van der Waals surface area contributed by atoms with E-state index in [1.54, 1.807) is 61.7 Å². The molecule has 0 aromatic heterocycles. The fourth-order valence-electron chi connectivity index (χ4n) is 2.94. The van der Waals surface area contributed by atoms with Gasteiger partial charge < -0.3 is 29.5 Å². The van der Waals surface area contributed by atoms with Gasteiger partial charge in [0.1, 0.15) is 18.1 Å². The number of rotatable bonds is 9. The van der Waals surface area contributed by atoms with E-state index in [2.05, 4.69) is 0 Å². The lowest BCUT2D eigenvalue weighted by Gasteiger charge is -2.10. The Balaban J connectivity index is 0.000000273. The van der Waals surface area contributed by atoms with Crippen LogP contribution in [-0.4, -0.2) is 34.5 Å². The number of hydrogen-bond donors (Lipinski definition) is 3. The van der Waals surface area contributed by atoms with E-state index in [0.717, 1.165) is 16.7 Å². The number of methoxy groups -OCH3 is 2. The predicted octanol–water partition coefficient (Wildman–Crippen LogP) is 3.35. The highest BCUT2D eigenvalue weighted by atomic mass is 16.6. The number of nitrogens with zero attached hydrogens (tertiary/aromatic N) is 1. The molecule has 0 atom stereocenters. The van der Waals surface area contributed by atoms with Gasteiger partial charge in [-0.3, -0.25) is 10.1 Å². The molecule has 3 rings (SSSR count). The van der Waals surface area contributed by atoms with Crippen LogP contribution < -0.4 is 14.2 Å². The third kappa shape index (κ3) is 7.76. The Morgan fingerprint density at radius 3 is 1.67 bits per heavy atom. The number of nitro groups is 1. The van der Waals surface area contributed by atoms with E-state index in [1.165, 1.54) is 13.2 Å². The Bertz CT molecular complexity index is 977. The van der Waals surface area contributed by atoms with Crippen LogP contribution in [0.15, 0.2) is 60.7 Å². The maximum Gasteiger partial charge on any atom is 0.310 e. The standard InChI is InChI=1S/C15H15NO5.C9H12O3/c1-20-13-7-11(9-17)6-12(8-13)10-21-15-5-3-2-4-14(15)16(18)19;1-12-9-3-7(5-10)2-8(4-9)6-11/h2-8,17H,9-10H2,1H3;2-4,10-11H,5-6H2,1H3. The van der Waals surface area contributed by atoms with Gasteiger partial charge in [-0.05, 0) is 58.7 Å². The van der Waals surface area contributed by atoms with E-state index in [9.17, 15) is 15.2 Å². The number of ether oxygens (including phenoxy) is 3. The van der Waals surface area contributed by atoms with Crippen LogP contribution in [0.5, 0.6) is 17.2 Å². The van der Waals surface area contributed by atoms with Gasteiger partial charge in [-0.25, -0.2) is 0 Å². The number of para-hydroxylation sites is 2. The van der Waals surface area contributed by atoms with Crippen LogP contribution >= 0.6 is 0 Å². The molecule has 9 heteroatoms. The molecular weight excluding hydrogens is 430 g/mol. The van der Waals surface area contributed by atoms with Gasteiger partial charge in [0.25, 0.3) is 0 Å². The summed E-state index contributed by atoms with van der Waals surface area (Å²) in [7, 11) is 3.08. The zero-order valence-electron chi connectivity index (χ0n) is 18.4. The maximum absolute atomic E-state index is 10.9. The van der Waals surface area contributed by atoms with Gasteiger partial charge in [-0.2, -0.15) is 0 Å². The average molecular weight is 457 g/mol. The first-order valence-corrected chi connectivity index (χ1v) is 9.96. The Morgan fingerprint density at radius 2 is 1.21 bits per heavy atom. The molecule has 3 N–H and O–H groups in total. The van der Waals surface area contributed by atoms with Crippen molar-refractivity contribution in [1.29, 1.82) is 0 Å². The van der Waals surface area contributed by atoms with Crippen molar-refractivity contribution in [2.45, 2.75) is 26.4 Å². The minimum Gasteiger partial charge on any atom is -0.497 e. The van der Waals surface area contributed by atoms with Crippen LogP contribution in [0.1, 0.15) is 22.3 Å². The number of benzene rings is 3. The molecule has 0 bridgehead atoms. The lowest BCUT2D eigenvalue weighted by atomic mass is 10.1. The lowest BCUT2D eigenvalue weighted by Crippen LogP contribution is -2.00. The molecule has 9 nitrogen and oxygen atoms in total. The van der Waals surface area contributed by atoms with Crippen LogP contribution in [0.2, 0.25) is 0 Å². The minimum absolute atomic E-state index is 0.0375. The van der Waals surface area contributed by atoms with Crippen LogP contribution in [0, 0.1) is 10.1 Å². The number of aliphatic hydroxyl groups is 3. The zero-order chi connectivity index (χ0) is 24.2. The fraction of sp³-hybridized carbons (Fsp3) is 0.250. The van der Waals surface area contributed by atoms with E-state index in [-0.39, 0.29) is 37.9 Å². The third-order valence-electron chi connectivity index (χ3n) is 4.53. The van der Waals surface area contributed by atoms with Crippen molar-refractivity contribution in [2.24, 2.45) is 0 Å². The van der Waals surface area contributed by atoms with Crippen LogP contribution in [0.4, 0.5) is 5.69 Å². The first kappa shape index (κ1) is 25.6. The molecule has 176 valence electrons. The molecule has 33 heavy (non-hydrogen) atoms. The zero-order valence-corrected chi connectivity index (χ0v) is 18.4. The molecule has 0 heterocycles. The number of aliphatic hydroxyl groups excluding tert-OH is 3. The molecule has 0 amide bonds. The summed E-state index contributed by atoms with van der Waals surface area (Å²) in [6.07, 6.45) is 0. The molecule has 0 saturated carbocycles. The van der Waals surface area contributed by atoms with Crippen molar-refractivity contribution in [2.75, 3.05) is 14.2 Å². The summed E-state index contributed by atoms with van der Waals surface area (Å²) < 4.78 is 15.6. The molecule has 0 spiro atoms. The minimum atomic E-state index is -0.486. The van der Waals surface area contributed by atoms with Gasteiger partial charge in [0, 0.05) is 6.07 Å². The van der Waals surface area contributed by atoms with Crippen LogP contribution in [-0.2, 0) is 26.4 Å². The van der Waals surface area contributed by atoms with Crippen LogP contribution in [0.25, 0.3) is 0 Å². The van der Waals surface area contributed by atoms with Gasteiger partial charge in [0.2, 0.25) is 0 Å². The second kappa shape index (κ2) is 13.0. The molecule has 0 aliphatic rings. The number of hydrogen-bond acceptors (Lipinski definition) is 8. The molecule has 0 fully saturated rings. The Kier molecular flexibility index (Phi) is 10.1. The monoisotopic (exact) mass is 457 g/mol. The molecule has 0 saturated heterocycles. The van der Waals surface area contributed by atoms with Gasteiger partial charge in [-0.15, -0.1) is 0 Å². The molecule has 0 radical (unpaired) electrons. The quantitative estimate of drug-likeness (QED) is 0.329. The van der Waals surface area contributed by atoms with Crippen LogP contribution in [0.3, 0.4) is 0 Å². The summed E-state index contributed by atoms with van der Waals surface area (Å²) in [4.78, 5) is 10.4. The third-order valence-corrected chi connectivity index (χ3v) is 4.53. The van der Waals surface area contributed by atoms with E-state index in [1.807, 2.05) is 0 Å². The van der Waals surface area contributed by atoms with E-state index in [0.29, 0.717) is 17.1 Å². The van der Waals surface area contributed by atoms with Crippen molar-refractivity contribution in [3.05, 3.63) is 93.0 Å². The summed E-state index contributed by atoms with van der Waals surface area (Å²) in [5, 5.41) is 37.8. The fourth-order valence-corrected chi connectivity index (χ4v) is 2.94. The van der Waals surface area contributed by atoms with E-state index < -0.39 is 4.92 Å². The first-order valence-electron chi connectivity index (χ1n) is 9.96. The summed E-state index contributed by atoms with van der Waals surface area (Å²) in [6.45, 7) is -0.0425. The highest BCUT2D eigenvalue weighted by Crippen LogP contribution is 2.27. The van der Waals surface area contributed by atoms with Crippen molar-refractivity contribution in [3.63, 3.8) is 0 Å². The Labute approximate surface area is 191 Å². The lowest BCUT2D eigenvalue weighted by molar-refractivity contribution is -0.385. The van der Waals surface area contributed by atoms with Crippen molar-refractivity contribution >= 4 is 5.69 Å². The van der Waals surface area contributed by atoms with Gasteiger partial charge in [-0.1, -0.05) is 18.2 Å². The van der Waals surface area contributed by atoms with Crippen molar-refractivity contribution in [3.8, 4) is 17.2 Å². The molecule has 3 aromatic carbocycles. The second-order valence-corrected chi connectivity index (χ2v) is 6.87. The largest absolute Gasteiger partial charge is 0.497 e. The van der Waals surface area contributed by atoms with Gasteiger partial charge in [0.05, 0.1) is 39.0 Å². The highest BCUT2D eigenvalue weighted by Gasteiger charge is 2.13. The molecule has 0 aliphatic carbocycles. The molecule has 0 aliphatic heterocycles. The topological polar surface area (TPSA) is 132 Å². The summed E-state index contributed by atoms with van der Waals surface area (Å²) >= 11 is 0.